The Morgan fingerprint density at radius 2 is 2.31 bits per heavy atom. The second-order valence-electron chi connectivity index (χ2n) is 3.33. The normalized spacial score (nSPS) is 12.1. The SMILES string of the molecule is CCCC(NC)C(=O)C(=O)Nc1ccon1. The molecule has 0 bridgehead atoms. The van der Waals surface area contributed by atoms with E-state index >= 15 is 0 Å². The number of Topliss-reactive ketones (excluding diaryl/α,β-unsaturated/α-hetero) is 1. The van der Waals surface area contributed by atoms with Crippen molar-refractivity contribution < 1.29 is 14.1 Å². The standard InChI is InChI=1S/C10H15N3O3/c1-3-4-7(11-2)9(14)10(15)12-8-5-6-16-13-8/h5-7,11H,3-4H2,1-2H3,(H,12,13,15). The molecule has 1 aromatic rings. The zero-order valence-corrected chi connectivity index (χ0v) is 9.32. The lowest BCUT2D eigenvalue weighted by atomic mass is 10.1. The summed E-state index contributed by atoms with van der Waals surface area (Å²) in [6, 6.07) is 1.02. The first-order valence-electron chi connectivity index (χ1n) is 5.11. The van der Waals surface area contributed by atoms with Gasteiger partial charge in [0.05, 0.1) is 6.04 Å². The number of likely N-dealkylation sites (N-methyl/N-ethyl adjacent to an activating group) is 1. The molecule has 1 atom stereocenters. The fourth-order valence-corrected chi connectivity index (χ4v) is 1.31. The number of hydrogen-bond donors (Lipinski definition) is 2. The highest BCUT2D eigenvalue weighted by molar-refractivity contribution is 6.42. The highest BCUT2D eigenvalue weighted by Gasteiger charge is 2.23. The first-order chi connectivity index (χ1) is 7.69. The maximum atomic E-state index is 11.7. The Hall–Kier alpha value is -1.69. The van der Waals surface area contributed by atoms with Gasteiger partial charge in [0.1, 0.15) is 6.26 Å². The van der Waals surface area contributed by atoms with Crippen LogP contribution in [0.1, 0.15) is 19.8 Å². The van der Waals surface area contributed by atoms with Crippen LogP contribution >= 0.6 is 0 Å². The van der Waals surface area contributed by atoms with Gasteiger partial charge in [-0.2, -0.15) is 0 Å². The van der Waals surface area contributed by atoms with Gasteiger partial charge in [0.15, 0.2) is 5.82 Å². The predicted molar refractivity (Wildman–Crippen MR) is 57.9 cm³/mol. The van der Waals surface area contributed by atoms with Gasteiger partial charge in [0.25, 0.3) is 5.91 Å². The Morgan fingerprint density at radius 1 is 1.56 bits per heavy atom. The molecule has 1 unspecified atom stereocenters. The number of aromatic nitrogens is 1. The van der Waals surface area contributed by atoms with Crippen LogP contribution in [0.3, 0.4) is 0 Å². The summed E-state index contributed by atoms with van der Waals surface area (Å²) in [5.41, 5.74) is 0. The fourth-order valence-electron chi connectivity index (χ4n) is 1.31. The number of ketones is 1. The lowest BCUT2D eigenvalue weighted by molar-refractivity contribution is -0.136. The molecule has 0 radical (unpaired) electrons. The number of rotatable bonds is 6. The smallest absolute Gasteiger partial charge is 0.294 e. The van der Waals surface area contributed by atoms with Gasteiger partial charge >= 0.3 is 0 Å². The number of nitrogens with one attached hydrogen (secondary N) is 2. The molecule has 1 rings (SSSR count). The molecule has 0 fully saturated rings. The third-order valence-corrected chi connectivity index (χ3v) is 2.15. The van der Waals surface area contributed by atoms with Crippen molar-refractivity contribution in [1.29, 1.82) is 0 Å². The number of anilines is 1. The molecule has 0 aliphatic carbocycles. The molecule has 1 heterocycles. The van der Waals surface area contributed by atoms with E-state index in [1.807, 2.05) is 6.92 Å². The number of carbonyl (C=O) groups is 2. The van der Waals surface area contributed by atoms with E-state index in [1.54, 1.807) is 7.05 Å². The summed E-state index contributed by atoms with van der Waals surface area (Å²) in [4.78, 5) is 23.2. The van der Waals surface area contributed by atoms with E-state index in [9.17, 15) is 9.59 Å². The van der Waals surface area contributed by atoms with Crippen LogP contribution in [0.2, 0.25) is 0 Å². The highest BCUT2D eigenvalue weighted by atomic mass is 16.5. The monoisotopic (exact) mass is 225 g/mol. The molecule has 2 N–H and O–H groups in total. The van der Waals surface area contributed by atoms with Gasteiger partial charge in [0, 0.05) is 6.07 Å². The number of amides is 1. The molecule has 0 saturated carbocycles. The van der Waals surface area contributed by atoms with Crippen molar-refractivity contribution in [1.82, 2.24) is 10.5 Å². The van der Waals surface area contributed by atoms with Gasteiger partial charge in [-0.3, -0.25) is 9.59 Å². The summed E-state index contributed by atoms with van der Waals surface area (Å²) >= 11 is 0. The Balaban J connectivity index is 2.56. The summed E-state index contributed by atoms with van der Waals surface area (Å²) in [5.74, 6) is -0.932. The molecule has 0 saturated heterocycles. The molecule has 1 amide bonds. The quantitative estimate of drug-likeness (QED) is 0.691. The lowest BCUT2D eigenvalue weighted by Gasteiger charge is -2.12. The van der Waals surface area contributed by atoms with Crippen LogP contribution in [0, 0.1) is 0 Å². The zero-order chi connectivity index (χ0) is 12.0. The highest BCUT2D eigenvalue weighted by Crippen LogP contribution is 2.03. The Bertz CT molecular complexity index is 348. The summed E-state index contributed by atoms with van der Waals surface area (Å²) in [5, 5.41) is 8.66. The van der Waals surface area contributed by atoms with Crippen LogP contribution in [0.25, 0.3) is 0 Å². The molecule has 0 aliphatic rings. The number of hydrogen-bond acceptors (Lipinski definition) is 5. The van der Waals surface area contributed by atoms with Crippen molar-refractivity contribution in [2.75, 3.05) is 12.4 Å². The molecule has 6 nitrogen and oxygen atoms in total. The van der Waals surface area contributed by atoms with Crippen molar-refractivity contribution >= 4 is 17.5 Å². The third kappa shape index (κ3) is 3.16. The van der Waals surface area contributed by atoms with Crippen molar-refractivity contribution in [2.45, 2.75) is 25.8 Å². The summed E-state index contributed by atoms with van der Waals surface area (Å²) in [6.45, 7) is 1.95. The van der Waals surface area contributed by atoms with E-state index < -0.39 is 17.7 Å². The Kier molecular flexibility index (Phi) is 4.65. The van der Waals surface area contributed by atoms with Crippen molar-refractivity contribution in [3.8, 4) is 0 Å². The van der Waals surface area contributed by atoms with Gasteiger partial charge in [-0.05, 0) is 13.5 Å². The minimum atomic E-state index is -0.679. The zero-order valence-electron chi connectivity index (χ0n) is 9.32. The molecule has 16 heavy (non-hydrogen) atoms. The van der Waals surface area contributed by atoms with Gasteiger partial charge < -0.3 is 15.2 Å². The summed E-state index contributed by atoms with van der Waals surface area (Å²) < 4.78 is 4.54. The summed E-state index contributed by atoms with van der Waals surface area (Å²) in [6.07, 6.45) is 2.78. The van der Waals surface area contributed by atoms with Gasteiger partial charge in [0.2, 0.25) is 5.78 Å². The van der Waals surface area contributed by atoms with Crippen LogP contribution in [-0.2, 0) is 9.59 Å². The molecule has 0 aliphatic heterocycles. The molecule has 0 aromatic carbocycles. The van der Waals surface area contributed by atoms with E-state index in [-0.39, 0.29) is 5.82 Å². The van der Waals surface area contributed by atoms with E-state index in [2.05, 4.69) is 20.3 Å². The average molecular weight is 225 g/mol. The van der Waals surface area contributed by atoms with Crippen LogP contribution in [0.5, 0.6) is 0 Å². The van der Waals surface area contributed by atoms with Crippen LogP contribution in [0.4, 0.5) is 5.82 Å². The Morgan fingerprint density at radius 3 is 2.81 bits per heavy atom. The van der Waals surface area contributed by atoms with E-state index in [0.29, 0.717) is 6.42 Å². The fraction of sp³-hybridized carbons (Fsp3) is 0.500. The lowest BCUT2D eigenvalue weighted by Crippen LogP contribution is -2.41. The molecule has 1 aromatic heterocycles. The molecular formula is C10H15N3O3. The first-order valence-corrected chi connectivity index (χ1v) is 5.11. The molecule has 6 heteroatoms. The van der Waals surface area contributed by atoms with Crippen LogP contribution in [0.15, 0.2) is 16.9 Å². The van der Waals surface area contributed by atoms with Crippen LogP contribution < -0.4 is 10.6 Å². The maximum Gasteiger partial charge on any atom is 0.294 e. The third-order valence-electron chi connectivity index (χ3n) is 2.15. The molecule has 0 spiro atoms. The second kappa shape index (κ2) is 6.02. The van der Waals surface area contributed by atoms with E-state index in [4.69, 9.17) is 0 Å². The van der Waals surface area contributed by atoms with Crippen molar-refractivity contribution in [3.63, 3.8) is 0 Å². The van der Waals surface area contributed by atoms with Crippen molar-refractivity contribution in [2.24, 2.45) is 0 Å². The van der Waals surface area contributed by atoms with Crippen LogP contribution in [-0.4, -0.2) is 29.9 Å². The minimum Gasteiger partial charge on any atom is -0.363 e. The van der Waals surface area contributed by atoms with Gasteiger partial charge in [-0.1, -0.05) is 18.5 Å². The van der Waals surface area contributed by atoms with Gasteiger partial charge in [-0.15, -0.1) is 0 Å². The minimum absolute atomic E-state index is 0.240. The number of nitrogens with zero attached hydrogens (tertiary/aromatic N) is 1. The predicted octanol–water partition coefficient (Wildman–Crippen LogP) is 0.570. The largest absolute Gasteiger partial charge is 0.363 e. The topological polar surface area (TPSA) is 84.2 Å². The average Bonchev–Trinajstić information content (AvgIpc) is 2.77. The van der Waals surface area contributed by atoms with Gasteiger partial charge in [-0.25, -0.2) is 0 Å². The van der Waals surface area contributed by atoms with E-state index in [1.165, 1.54) is 12.3 Å². The molecule has 88 valence electrons. The number of carbonyl (C=O) groups excluding carboxylic acids is 2. The summed E-state index contributed by atoms with van der Waals surface area (Å²) in [7, 11) is 1.65. The maximum absolute atomic E-state index is 11.7. The second-order valence-corrected chi connectivity index (χ2v) is 3.33. The Labute approximate surface area is 93.4 Å². The van der Waals surface area contributed by atoms with E-state index in [0.717, 1.165) is 6.42 Å². The first kappa shape index (κ1) is 12.4. The molecular weight excluding hydrogens is 210 g/mol. The van der Waals surface area contributed by atoms with Crippen molar-refractivity contribution in [3.05, 3.63) is 12.3 Å².